The van der Waals surface area contributed by atoms with Crippen molar-refractivity contribution in [1.82, 2.24) is 0 Å². The number of sulfone groups is 1. The summed E-state index contributed by atoms with van der Waals surface area (Å²) in [5.74, 6) is 0.0792. The minimum Gasteiger partial charge on any atom is -0.443 e. The van der Waals surface area contributed by atoms with Crippen molar-refractivity contribution in [2.75, 3.05) is 42.2 Å². The molecule has 7 nitrogen and oxygen atoms in total. The first-order valence-electron chi connectivity index (χ1n) is 6.68. The third-order valence-corrected chi connectivity index (χ3v) is 5.55. The normalized spacial score (nSPS) is 23.9. The van der Waals surface area contributed by atoms with E-state index in [4.69, 9.17) is 10.5 Å². The summed E-state index contributed by atoms with van der Waals surface area (Å²) in [6.07, 6.45) is -0.847. The molecule has 1 atom stereocenters. The molecule has 2 N–H and O–H groups in total. The van der Waals surface area contributed by atoms with Gasteiger partial charge in [0, 0.05) is 25.8 Å². The van der Waals surface area contributed by atoms with Crippen LogP contribution in [0.4, 0.5) is 16.2 Å². The van der Waals surface area contributed by atoms with Crippen LogP contribution in [0.2, 0.25) is 0 Å². The Morgan fingerprint density at radius 2 is 2.19 bits per heavy atom. The number of nitrogens with two attached hydrogens (primary N) is 1. The van der Waals surface area contributed by atoms with Gasteiger partial charge in [-0.25, -0.2) is 13.2 Å². The fraction of sp³-hybridized carbons (Fsp3) is 0.462. The first kappa shape index (κ1) is 14.2. The zero-order valence-electron chi connectivity index (χ0n) is 11.7. The number of benzene rings is 1. The van der Waals surface area contributed by atoms with Crippen LogP contribution in [0.25, 0.3) is 0 Å². The zero-order chi connectivity index (χ0) is 15.2. The minimum absolute atomic E-state index is 0.0792. The highest BCUT2D eigenvalue weighted by Gasteiger charge is 2.33. The van der Waals surface area contributed by atoms with E-state index in [2.05, 4.69) is 0 Å². The van der Waals surface area contributed by atoms with E-state index >= 15 is 0 Å². The Bertz CT molecular complexity index is 689. The second-order valence-corrected chi connectivity index (χ2v) is 7.32. The molecule has 114 valence electrons. The second-order valence-electron chi connectivity index (χ2n) is 5.24. The Morgan fingerprint density at radius 3 is 2.86 bits per heavy atom. The van der Waals surface area contributed by atoms with Crippen LogP contribution >= 0.6 is 0 Å². The van der Waals surface area contributed by atoms with Crippen LogP contribution in [0.5, 0.6) is 0 Å². The van der Waals surface area contributed by atoms with Gasteiger partial charge in [0.2, 0.25) is 0 Å². The van der Waals surface area contributed by atoms with Gasteiger partial charge in [0.25, 0.3) is 0 Å². The van der Waals surface area contributed by atoms with Crippen molar-refractivity contribution in [2.24, 2.45) is 5.73 Å². The van der Waals surface area contributed by atoms with Crippen molar-refractivity contribution in [3.05, 3.63) is 18.2 Å². The molecule has 21 heavy (non-hydrogen) atoms. The monoisotopic (exact) mass is 311 g/mol. The number of rotatable bonds is 2. The average molecular weight is 311 g/mol. The number of nitrogens with zero attached hydrogens (tertiary/aromatic N) is 2. The highest BCUT2D eigenvalue weighted by Crippen LogP contribution is 2.34. The maximum Gasteiger partial charge on any atom is 0.414 e. The van der Waals surface area contributed by atoms with Crippen molar-refractivity contribution in [3.63, 3.8) is 0 Å². The lowest BCUT2D eigenvalue weighted by molar-refractivity contribution is 0.145. The predicted octanol–water partition coefficient (Wildman–Crippen LogP) is 0.194. The van der Waals surface area contributed by atoms with Gasteiger partial charge in [-0.05, 0) is 18.2 Å². The summed E-state index contributed by atoms with van der Waals surface area (Å²) < 4.78 is 29.5. The lowest BCUT2D eigenvalue weighted by atomic mass is 10.2. The van der Waals surface area contributed by atoms with E-state index in [-0.39, 0.29) is 23.3 Å². The molecule has 2 aliphatic rings. The zero-order valence-corrected chi connectivity index (χ0v) is 12.5. The summed E-state index contributed by atoms with van der Waals surface area (Å²) in [7, 11) is -1.46. The standard InChI is InChI=1S/C13H17N3O4S/c1-15-4-5-21(18,19)12-6-9(2-3-11(12)15)16-8-10(7-14)20-13(16)17/h2-3,6,10H,4-5,7-8,14H2,1H3/t10-/m0/s1. The molecule has 0 radical (unpaired) electrons. The number of carbonyl (C=O) groups excluding carboxylic acids is 1. The molecule has 0 saturated carbocycles. The number of fused-ring (bicyclic) bond motifs is 1. The Morgan fingerprint density at radius 1 is 1.43 bits per heavy atom. The van der Waals surface area contributed by atoms with Gasteiger partial charge in [-0.2, -0.15) is 0 Å². The minimum atomic E-state index is -3.31. The number of amides is 1. The van der Waals surface area contributed by atoms with Crippen molar-refractivity contribution in [1.29, 1.82) is 0 Å². The molecule has 0 aromatic heterocycles. The van der Waals surface area contributed by atoms with E-state index in [1.807, 2.05) is 11.9 Å². The first-order chi connectivity index (χ1) is 9.92. The summed E-state index contributed by atoms with van der Waals surface area (Å²) in [5.41, 5.74) is 6.68. The van der Waals surface area contributed by atoms with Gasteiger partial charge in [0.1, 0.15) is 6.10 Å². The second kappa shape index (κ2) is 4.88. The number of anilines is 2. The Labute approximate surface area is 123 Å². The fourth-order valence-electron chi connectivity index (χ4n) is 2.58. The molecule has 8 heteroatoms. The Hall–Kier alpha value is -1.80. The largest absolute Gasteiger partial charge is 0.443 e. The number of cyclic esters (lactones) is 1. The maximum absolute atomic E-state index is 12.2. The summed E-state index contributed by atoms with van der Waals surface area (Å²) in [6, 6.07) is 5.00. The van der Waals surface area contributed by atoms with E-state index in [1.54, 1.807) is 18.2 Å². The van der Waals surface area contributed by atoms with E-state index < -0.39 is 15.9 Å². The van der Waals surface area contributed by atoms with Crippen LogP contribution in [-0.4, -0.2) is 53.0 Å². The molecular formula is C13H17N3O4S. The van der Waals surface area contributed by atoms with Crippen LogP contribution in [0, 0.1) is 0 Å². The highest BCUT2D eigenvalue weighted by molar-refractivity contribution is 7.91. The molecule has 0 unspecified atom stereocenters. The van der Waals surface area contributed by atoms with Crippen LogP contribution in [0.3, 0.4) is 0 Å². The lowest BCUT2D eigenvalue weighted by Crippen LogP contribution is -2.33. The van der Waals surface area contributed by atoms with E-state index in [1.165, 1.54) is 4.90 Å². The summed E-state index contributed by atoms with van der Waals surface area (Å²) in [6.45, 7) is 1.05. The number of hydrogen-bond donors (Lipinski definition) is 1. The summed E-state index contributed by atoms with van der Waals surface area (Å²) in [5, 5.41) is 0. The molecule has 2 aliphatic heterocycles. The van der Waals surface area contributed by atoms with Crippen molar-refractivity contribution < 1.29 is 17.9 Å². The van der Waals surface area contributed by atoms with Gasteiger partial charge in [0.15, 0.2) is 9.84 Å². The van der Waals surface area contributed by atoms with Crippen molar-refractivity contribution >= 4 is 27.3 Å². The van der Waals surface area contributed by atoms with Gasteiger partial charge >= 0.3 is 6.09 Å². The fourth-order valence-corrected chi connectivity index (χ4v) is 4.15. The Balaban J connectivity index is 2.02. The van der Waals surface area contributed by atoms with Gasteiger partial charge < -0.3 is 15.4 Å². The SMILES string of the molecule is CN1CCS(=O)(=O)c2cc(N3C[C@H](CN)OC3=O)ccc21. The van der Waals surface area contributed by atoms with E-state index in [9.17, 15) is 13.2 Å². The molecule has 1 aromatic carbocycles. The van der Waals surface area contributed by atoms with Gasteiger partial charge in [0.05, 0.1) is 22.9 Å². The number of ether oxygens (including phenoxy) is 1. The molecule has 0 bridgehead atoms. The van der Waals surface area contributed by atoms with Crippen molar-refractivity contribution in [2.45, 2.75) is 11.0 Å². The molecule has 0 aliphatic carbocycles. The van der Waals surface area contributed by atoms with Gasteiger partial charge in [-0.3, -0.25) is 4.90 Å². The summed E-state index contributed by atoms with van der Waals surface area (Å²) in [4.78, 5) is 15.4. The molecule has 1 amide bonds. The molecule has 1 aromatic rings. The van der Waals surface area contributed by atoms with Crippen LogP contribution in [0.15, 0.2) is 23.1 Å². The maximum atomic E-state index is 12.2. The number of hydrogen-bond acceptors (Lipinski definition) is 6. The van der Waals surface area contributed by atoms with Gasteiger partial charge in [-0.15, -0.1) is 0 Å². The quantitative estimate of drug-likeness (QED) is 0.838. The smallest absolute Gasteiger partial charge is 0.414 e. The third-order valence-electron chi connectivity index (χ3n) is 3.83. The first-order valence-corrected chi connectivity index (χ1v) is 8.34. The average Bonchev–Trinajstić information content (AvgIpc) is 2.84. The highest BCUT2D eigenvalue weighted by atomic mass is 32.2. The van der Waals surface area contributed by atoms with Gasteiger partial charge in [-0.1, -0.05) is 0 Å². The van der Waals surface area contributed by atoms with Crippen LogP contribution < -0.4 is 15.5 Å². The van der Waals surface area contributed by atoms with E-state index in [0.717, 1.165) is 0 Å². The van der Waals surface area contributed by atoms with E-state index in [0.29, 0.717) is 24.5 Å². The molecule has 1 fully saturated rings. The molecular weight excluding hydrogens is 294 g/mol. The molecule has 1 saturated heterocycles. The topological polar surface area (TPSA) is 92.9 Å². The van der Waals surface area contributed by atoms with Crippen LogP contribution in [-0.2, 0) is 14.6 Å². The molecule has 0 spiro atoms. The molecule has 3 rings (SSSR count). The summed E-state index contributed by atoms with van der Waals surface area (Å²) >= 11 is 0. The van der Waals surface area contributed by atoms with Crippen LogP contribution in [0.1, 0.15) is 0 Å². The Kier molecular flexibility index (Phi) is 3.29. The predicted molar refractivity (Wildman–Crippen MR) is 78.4 cm³/mol. The number of carbonyl (C=O) groups is 1. The third kappa shape index (κ3) is 2.34. The van der Waals surface area contributed by atoms with Crippen molar-refractivity contribution in [3.8, 4) is 0 Å². The lowest BCUT2D eigenvalue weighted by Gasteiger charge is -2.28. The molecule has 2 heterocycles.